The zero-order chi connectivity index (χ0) is 21.0. The summed E-state index contributed by atoms with van der Waals surface area (Å²) in [6.45, 7) is 3.75. The molecule has 1 N–H and O–H groups in total. The van der Waals surface area contributed by atoms with E-state index in [1.54, 1.807) is 11.7 Å². The van der Waals surface area contributed by atoms with Crippen LogP contribution in [-0.4, -0.2) is 30.5 Å². The first-order valence-electron chi connectivity index (χ1n) is 9.90. The molecule has 0 aliphatic heterocycles. The lowest BCUT2D eigenvalue weighted by atomic mass is 10.1. The fourth-order valence-corrected chi connectivity index (χ4v) is 3.87. The highest BCUT2D eigenvalue weighted by atomic mass is 35.5. The summed E-state index contributed by atoms with van der Waals surface area (Å²) >= 11 is 6.34. The van der Waals surface area contributed by atoms with Gasteiger partial charge in [-0.1, -0.05) is 29.8 Å². The number of nitrogens with zero attached hydrogens (tertiary/aromatic N) is 5. The van der Waals surface area contributed by atoms with Gasteiger partial charge in [0, 0.05) is 18.7 Å². The van der Waals surface area contributed by atoms with Gasteiger partial charge in [0.15, 0.2) is 11.5 Å². The Morgan fingerprint density at radius 3 is 2.53 bits per heavy atom. The van der Waals surface area contributed by atoms with Crippen molar-refractivity contribution in [3.05, 3.63) is 64.1 Å². The molecule has 152 valence electrons. The van der Waals surface area contributed by atoms with Crippen molar-refractivity contribution in [1.29, 1.82) is 0 Å². The lowest BCUT2D eigenvalue weighted by molar-refractivity contribution is 0.102. The van der Waals surface area contributed by atoms with Crippen LogP contribution in [0.3, 0.4) is 0 Å². The number of carbonyl (C=O) groups excluding carboxylic acids is 1. The average Bonchev–Trinajstić information content (AvgIpc) is 3.51. The predicted octanol–water partition coefficient (Wildman–Crippen LogP) is 4.55. The number of rotatable bonds is 4. The first kappa shape index (κ1) is 18.8. The summed E-state index contributed by atoms with van der Waals surface area (Å²) in [5, 5.41) is 13.1. The molecule has 0 atom stereocenters. The zero-order valence-electron chi connectivity index (χ0n) is 17.0. The maximum atomic E-state index is 13.3. The van der Waals surface area contributed by atoms with Crippen LogP contribution in [0.4, 0.5) is 5.82 Å². The summed E-state index contributed by atoms with van der Waals surface area (Å²) in [7, 11) is 1.79. The van der Waals surface area contributed by atoms with E-state index in [1.165, 1.54) is 0 Å². The fourth-order valence-electron chi connectivity index (χ4n) is 3.66. The van der Waals surface area contributed by atoms with Gasteiger partial charge in [0.25, 0.3) is 5.91 Å². The molecule has 0 spiro atoms. The van der Waals surface area contributed by atoms with Crippen LogP contribution in [0.25, 0.3) is 16.7 Å². The minimum Gasteiger partial charge on any atom is -0.304 e. The smallest absolute Gasteiger partial charge is 0.257 e. The van der Waals surface area contributed by atoms with Crippen molar-refractivity contribution in [1.82, 2.24) is 24.5 Å². The van der Waals surface area contributed by atoms with Gasteiger partial charge in [-0.3, -0.25) is 9.48 Å². The molecule has 30 heavy (non-hydrogen) atoms. The third-order valence-corrected chi connectivity index (χ3v) is 6.02. The van der Waals surface area contributed by atoms with Crippen LogP contribution >= 0.6 is 11.6 Å². The molecule has 0 unspecified atom stereocenters. The molecular weight excluding hydrogens is 400 g/mol. The van der Waals surface area contributed by atoms with E-state index < -0.39 is 0 Å². The van der Waals surface area contributed by atoms with E-state index in [4.69, 9.17) is 21.7 Å². The number of fused-ring (bicyclic) bond motifs is 1. The Morgan fingerprint density at radius 1 is 1.17 bits per heavy atom. The van der Waals surface area contributed by atoms with Crippen molar-refractivity contribution < 1.29 is 4.79 Å². The molecule has 0 radical (unpaired) electrons. The first-order chi connectivity index (χ1) is 14.4. The molecule has 3 aromatic heterocycles. The number of aromatic nitrogens is 5. The number of nitrogens with one attached hydrogen (secondary N) is 1. The van der Waals surface area contributed by atoms with Gasteiger partial charge in [-0.2, -0.15) is 10.2 Å². The van der Waals surface area contributed by atoms with E-state index in [2.05, 4.69) is 10.4 Å². The number of benzene rings is 1. The van der Waals surface area contributed by atoms with Crippen LogP contribution in [-0.2, 0) is 7.05 Å². The Morgan fingerprint density at radius 2 is 1.90 bits per heavy atom. The van der Waals surface area contributed by atoms with Crippen LogP contribution in [0.5, 0.6) is 0 Å². The number of aryl methyl sites for hydroxylation is 2. The molecule has 7 nitrogen and oxygen atoms in total. The highest BCUT2D eigenvalue weighted by molar-refractivity contribution is 6.34. The highest BCUT2D eigenvalue weighted by Crippen LogP contribution is 2.41. The summed E-state index contributed by atoms with van der Waals surface area (Å²) in [5.41, 5.74) is 4.60. The number of halogens is 1. The van der Waals surface area contributed by atoms with Crippen LogP contribution in [0.1, 0.15) is 46.2 Å². The highest BCUT2D eigenvalue weighted by Gasteiger charge is 2.29. The molecular formula is C22H21ClN6O. The Kier molecular flexibility index (Phi) is 4.36. The molecule has 1 aliphatic rings. The van der Waals surface area contributed by atoms with Crippen LogP contribution in [0, 0.1) is 13.8 Å². The summed E-state index contributed by atoms with van der Waals surface area (Å²) < 4.78 is 3.46. The lowest BCUT2D eigenvalue weighted by Crippen LogP contribution is -2.14. The topological polar surface area (TPSA) is 77.6 Å². The molecule has 1 fully saturated rings. The Labute approximate surface area is 178 Å². The Balaban J connectivity index is 1.66. The number of pyridine rings is 1. The lowest BCUT2D eigenvalue weighted by Gasteiger charge is -2.09. The fraction of sp³-hybridized carbons (Fsp3) is 0.273. The van der Waals surface area contributed by atoms with E-state index in [0.29, 0.717) is 28.0 Å². The van der Waals surface area contributed by atoms with Crippen LogP contribution in [0.15, 0.2) is 36.4 Å². The van der Waals surface area contributed by atoms with Crippen molar-refractivity contribution in [3.8, 4) is 5.69 Å². The molecule has 1 amide bonds. The second-order valence-electron chi connectivity index (χ2n) is 7.73. The van der Waals surface area contributed by atoms with Gasteiger partial charge in [-0.25, -0.2) is 9.67 Å². The molecule has 0 saturated heterocycles. The molecule has 1 aliphatic carbocycles. The van der Waals surface area contributed by atoms with Crippen LogP contribution < -0.4 is 5.32 Å². The third-order valence-electron chi connectivity index (χ3n) is 5.57. The van der Waals surface area contributed by atoms with Crippen LogP contribution in [0.2, 0.25) is 5.02 Å². The Bertz CT molecular complexity index is 1290. The van der Waals surface area contributed by atoms with Gasteiger partial charge in [0.1, 0.15) is 5.02 Å². The van der Waals surface area contributed by atoms with E-state index >= 15 is 0 Å². The van der Waals surface area contributed by atoms with E-state index in [-0.39, 0.29) is 5.91 Å². The van der Waals surface area contributed by atoms with Gasteiger partial charge >= 0.3 is 0 Å². The summed E-state index contributed by atoms with van der Waals surface area (Å²) in [4.78, 5) is 18.2. The average molecular weight is 421 g/mol. The van der Waals surface area contributed by atoms with Gasteiger partial charge in [0.2, 0.25) is 0 Å². The second-order valence-corrected chi connectivity index (χ2v) is 8.10. The third kappa shape index (κ3) is 3.06. The summed E-state index contributed by atoms with van der Waals surface area (Å²) in [5.74, 6) is 0.480. The van der Waals surface area contributed by atoms with Gasteiger partial charge in [-0.05, 0) is 44.9 Å². The number of carbonyl (C=O) groups is 1. The maximum Gasteiger partial charge on any atom is 0.257 e. The largest absolute Gasteiger partial charge is 0.304 e. The number of anilines is 1. The van der Waals surface area contributed by atoms with Gasteiger partial charge in [-0.15, -0.1) is 0 Å². The molecule has 5 rings (SSSR count). The number of para-hydroxylation sites is 1. The number of amides is 1. The molecule has 3 heterocycles. The molecule has 4 aromatic rings. The quantitative estimate of drug-likeness (QED) is 0.525. The normalized spacial score (nSPS) is 13.7. The van der Waals surface area contributed by atoms with Crippen molar-refractivity contribution >= 4 is 34.4 Å². The molecule has 1 aromatic carbocycles. The second kappa shape index (κ2) is 6.95. The van der Waals surface area contributed by atoms with Gasteiger partial charge in [0.05, 0.1) is 28.0 Å². The summed E-state index contributed by atoms with van der Waals surface area (Å²) in [6.07, 6.45) is 2.17. The van der Waals surface area contributed by atoms with Crippen molar-refractivity contribution in [2.45, 2.75) is 32.6 Å². The van der Waals surface area contributed by atoms with Gasteiger partial charge < -0.3 is 5.32 Å². The number of hydrogen-bond acceptors (Lipinski definition) is 4. The van der Waals surface area contributed by atoms with E-state index in [1.807, 2.05) is 54.9 Å². The Hall–Kier alpha value is -3.19. The standard InChI is InChI=1S/C22H21ClN6O/c1-12-18-16(22(30)25-20-19(23)13(2)28(3)27-20)11-17(14-9-10-14)24-21(18)29(26-12)15-7-5-4-6-8-15/h4-8,11,14H,9-10H2,1-3H3,(H,25,27,30). The molecule has 0 bridgehead atoms. The van der Waals surface area contributed by atoms with Crippen molar-refractivity contribution in [2.75, 3.05) is 5.32 Å². The first-order valence-corrected chi connectivity index (χ1v) is 10.3. The summed E-state index contributed by atoms with van der Waals surface area (Å²) in [6, 6.07) is 11.7. The molecule has 1 saturated carbocycles. The number of hydrogen-bond donors (Lipinski definition) is 1. The monoisotopic (exact) mass is 420 g/mol. The maximum absolute atomic E-state index is 13.3. The minimum atomic E-state index is -0.264. The van der Waals surface area contributed by atoms with Crippen molar-refractivity contribution in [3.63, 3.8) is 0 Å². The predicted molar refractivity (Wildman–Crippen MR) is 116 cm³/mol. The SMILES string of the molecule is Cc1nn(-c2ccccc2)c2nc(C3CC3)cc(C(=O)Nc3nn(C)c(C)c3Cl)c12. The zero-order valence-corrected chi connectivity index (χ0v) is 17.7. The van der Waals surface area contributed by atoms with E-state index in [0.717, 1.165) is 41.0 Å². The minimum absolute atomic E-state index is 0.264. The van der Waals surface area contributed by atoms with E-state index in [9.17, 15) is 4.79 Å². The van der Waals surface area contributed by atoms with Crippen molar-refractivity contribution in [2.24, 2.45) is 7.05 Å². The molecule has 8 heteroatoms.